The number of hydrogen-bond acceptors (Lipinski definition) is 19. The van der Waals surface area contributed by atoms with Crippen LogP contribution in [0.4, 0.5) is 17.6 Å². The topological polar surface area (TPSA) is 319 Å². The molecule has 33 heteroatoms. The van der Waals surface area contributed by atoms with E-state index in [1.165, 1.54) is 68.0 Å². The SMILES string of the molecule is CCc1cc(C(=O)CC23CC(NC(=O)COc4ccc(Cl)c(F)c4)(C2)C3)n(C)n1.CCc1nc(C(=O)CC23CC(NC(=O)COc4ccc(Cl)c(F)c4)(C2)C3)co1.CCn1cc(C(=O)CC23CC(NC(=O)COc4ccc(Cl)c(F)c4)(C2)C3)cn1.COc1cc(C(=O)CC23CC(NC(=O)COc4ccc(Cl)c(F)c4)(C2)C3)on1. The number of ether oxygens (including phenoxy) is 5. The van der Waals surface area contributed by atoms with E-state index in [0.717, 1.165) is 120 Å². The Morgan fingerprint density at radius 1 is 0.496 bits per heavy atom. The van der Waals surface area contributed by atoms with E-state index in [4.69, 9.17) is 79.0 Å². The molecule has 0 aliphatic heterocycles. The van der Waals surface area contributed by atoms with Crippen LogP contribution in [0.2, 0.25) is 20.1 Å². The highest BCUT2D eigenvalue weighted by Gasteiger charge is 2.71. The number of oxazole rings is 1. The van der Waals surface area contributed by atoms with Crippen molar-refractivity contribution in [1.82, 2.24) is 51.0 Å². The van der Waals surface area contributed by atoms with E-state index in [1.54, 1.807) is 28.8 Å². The van der Waals surface area contributed by atoms with Gasteiger partial charge in [0.1, 0.15) is 63.9 Å². The van der Waals surface area contributed by atoms with Crippen LogP contribution >= 0.6 is 46.4 Å². The maximum Gasteiger partial charge on any atom is 0.258 e. The standard InChI is InChI=1S/C21H23ClFN3O3.C20H21ClFN3O3.C20H20ClFN2O4.C19H18ClFN2O5/c1-3-13-6-17(26(2)25-13)18(27)8-20-10-21(11-20,12-20)24-19(28)9-29-14-4-5-15(22)16(23)7-14;1-2-25-8-13(7-23-25)17(26)6-19-10-20(11-19,12-19)24-18(27)9-28-14-3-4-15(21)16(22)5-14;1-2-18-23-15(7-28-18)16(25)6-19-9-20(10-19,11-19)24-17(26)8-27-12-3-4-13(21)14(22)5-12;1-26-17-5-15(28-23-17)14(24)6-18-8-19(9-18,10-18)22-16(25)7-27-11-2-3-12(20)13(21)4-11/h4-7H,3,8-12H2,1-2H3,(H,24,28);3-5,7-8H,2,6,9-12H2,1H3,(H,24,27);3-5,7H,2,6,8-11H2,1H3,(H,24,26);2-5H,6-10H2,1H3,(H,22,25). The number of aromatic nitrogens is 6. The van der Waals surface area contributed by atoms with Gasteiger partial charge >= 0.3 is 0 Å². The Kier molecular flexibility index (Phi) is 23.1. The molecule has 12 fully saturated rings. The number of benzene rings is 4. The molecule has 598 valence electrons. The van der Waals surface area contributed by atoms with E-state index in [-0.39, 0.29) is 172 Å². The fourth-order valence-electron chi connectivity index (χ4n) is 17.9. The molecule has 4 aromatic heterocycles. The van der Waals surface area contributed by atoms with Crippen LogP contribution in [-0.2, 0) is 45.6 Å². The van der Waals surface area contributed by atoms with E-state index >= 15 is 0 Å². The minimum Gasteiger partial charge on any atom is -0.484 e. The molecule has 0 saturated heterocycles. The number of Topliss-reactive ketones (excluding diaryl/α,β-unsaturated/α-hetero) is 4. The molecule has 12 aliphatic rings. The van der Waals surface area contributed by atoms with E-state index in [9.17, 15) is 55.9 Å². The van der Waals surface area contributed by atoms with E-state index in [2.05, 4.69) is 41.6 Å². The molecule has 0 unspecified atom stereocenters. The number of carbonyl (C=O) groups excluding carboxylic acids is 8. The van der Waals surface area contributed by atoms with Crippen molar-refractivity contribution in [3.63, 3.8) is 0 Å². The number of hydrogen-bond donors (Lipinski definition) is 4. The van der Waals surface area contributed by atoms with Gasteiger partial charge in [-0.25, -0.2) is 22.5 Å². The number of carbonyl (C=O) groups is 8. The number of amides is 4. The monoisotopic (exact) mass is 1640 g/mol. The summed E-state index contributed by atoms with van der Waals surface area (Å²) >= 11 is 22.5. The maximum atomic E-state index is 13.4. The van der Waals surface area contributed by atoms with Crippen LogP contribution < -0.4 is 45.0 Å². The average Bonchev–Trinajstić information content (AvgIpc) is 1.14. The van der Waals surface area contributed by atoms with E-state index in [0.29, 0.717) is 54.9 Å². The first kappa shape index (κ1) is 81.2. The van der Waals surface area contributed by atoms with Gasteiger partial charge in [-0.1, -0.05) is 60.3 Å². The molecule has 0 spiro atoms. The van der Waals surface area contributed by atoms with Gasteiger partial charge in [-0.2, -0.15) is 10.2 Å². The molecular weight excluding hydrogens is 1560 g/mol. The lowest BCUT2D eigenvalue weighted by Gasteiger charge is -2.70. The molecule has 25 nitrogen and oxygen atoms in total. The number of nitrogens with one attached hydrogen (secondary N) is 4. The number of halogens is 8. The summed E-state index contributed by atoms with van der Waals surface area (Å²) < 4.78 is 93.4. The third kappa shape index (κ3) is 18.2. The summed E-state index contributed by atoms with van der Waals surface area (Å²) in [4.78, 5) is 103. The first-order chi connectivity index (χ1) is 53.7. The normalized spacial score (nSPS) is 24.7. The molecule has 20 rings (SSSR count). The van der Waals surface area contributed by atoms with Crippen molar-refractivity contribution in [2.24, 2.45) is 28.7 Å². The predicted molar refractivity (Wildman–Crippen MR) is 401 cm³/mol. The number of methoxy groups -OCH3 is 1. The van der Waals surface area contributed by atoms with Crippen LogP contribution in [0.5, 0.6) is 28.9 Å². The first-order valence-corrected chi connectivity index (χ1v) is 38.4. The highest BCUT2D eigenvalue weighted by molar-refractivity contribution is 6.31. The Labute approximate surface area is 666 Å². The lowest BCUT2D eigenvalue weighted by molar-refractivity contribution is -0.165. The zero-order chi connectivity index (χ0) is 80.6. The molecule has 4 amide bonds. The molecule has 4 N–H and O–H groups in total. The smallest absolute Gasteiger partial charge is 0.258 e. The fraction of sp³-hybridized carbons (Fsp3) is 0.450. The van der Waals surface area contributed by atoms with Crippen LogP contribution in [-0.4, -0.2) is 132 Å². The van der Waals surface area contributed by atoms with Crippen LogP contribution in [0.25, 0.3) is 0 Å². The molecule has 12 aliphatic carbocycles. The van der Waals surface area contributed by atoms with Crippen LogP contribution in [0.15, 0.2) is 113 Å². The highest BCUT2D eigenvalue weighted by atomic mass is 35.5. The molecule has 0 radical (unpaired) electrons. The summed E-state index contributed by atoms with van der Waals surface area (Å²) in [6, 6.07) is 19.5. The van der Waals surface area contributed by atoms with Crippen LogP contribution in [0, 0.1) is 44.9 Å². The number of rotatable bonds is 32. The minimum atomic E-state index is -0.602. The van der Waals surface area contributed by atoms with Crippen molar-refractivity contribution in [3.05, 3.63) is 181 Å². The third-order valence-corrected chi connectivity index (χ3v) is 23.6. The summed E-state index contributed by atoms with van der Waals surface area (Å²) in [6.45, 7) is 5.84. The summed E-state index contributed by atoms with van der Waals surface area (Å²) in [5.41, 5.74) is 1.46. The minimum absolute atomic E-state index is 0.00115. The zero-order valence-electron chi connectivity index (χ0n) is 62.4. The highest BCUT2D eigenvalue weighted by Crippen LogP contribution is 2.72. The number of aryl methyl sites for hydroxylation is 4. The van der Waals surface area contributed by atoms with Crippen molar-refractivity contribution < 1.29 is 88.5 Å². The van der Waals surface area contributed by atoms with Crippen molar-refractivity contribution in [3.8, 4) is 28.9 Å². The molecule has 8 bridgehead atoms. The second kappa shape index (κ2) is 32.2. The molecule has 113 heavy (non-hydrogen) atoms. The van der Waals surface area contributed by atoms with Crippen molar-refractivity contribution in [1.29, 1.82) is 0 Å². The van der Waals surface area contributed by atoms with Gasteiger partial charge in [-0.15, -0.1) is 0 Å². The van der Waals surface area contributed by atoms with Crippen molar-refractivity contribution >= 4 is 93.2 Å². The molecule has 4 aromatic carbocycles. The quantitative estimate of drug-likeness (QED) is 0.0225. The van der Waals surface area contributed by atoms with Gasteiger partial charge in [0.25, 0.3) is 29.5 Å². The fourth-order valence-corrected chi connectivity index (χ4v) is 18.4. The Hall–Kier alpha value is -9.84. The summed E-state index contributed by atoms with van der Waals surface area (Å²) in [7, 11) is 3.25. The first-order valence-electron chi connectivity index (χ1n) is 36.9. The average molecular weight is 1640 g/mol. The Balaban J connectivity index is 0.000000132. The zero-order valence-corrected chi connectivity index (χ0v) is 65.4. The lowest BCUT2D eigenvalue weighted by atomic mass is 9.38. The van der Waals surface area contributed by atoms with Gasteiger partial charge in [0.2, 0.25) is 11.5 Å². The Morgan fingerprint density at radius 3 is 1.19 bits per heavy atom. The molecule has 4 heterocycles. The van der Waals surface area contributed by atoms with Gasteiger partial charge in [0.05, 0.1) is 50.7 Å². The van der Waals surface area contributed by atoms with Gasteiger partial charge in [-0.05, 0) is 172 Å². The number of ketones is 4. The second-order valence-electron chi connectivity index (χ2n) is 31.6. The Bertz CT molecular complexity index is 4600. The largest absolute Gasteiger partial charge is 0.484 e. The Morgan fingerprint density at radius 2 is 0.867 bits per heavy atom. The van der Waals surface area contributed by atoms with Crippen molar-refractivity contribution in [2.45, 2.75) is 165 Å². The lowest BCUT2D eigenvalue weighted by Crippen LogP contribution is -2.75. The molecular formula is C80H82Cl4F4N10O15. The number of nitrogens with zero attached hydrogens (tertiary/aromatic N) is 6. The van der Waals surface area contributed by atoms with Gasteiger partial charge in [-0.3, -0.25) is 47.7 Å². The van der Waals surface area contributed by atoms with E-state index in [1.807, 2.05) is 26.8 Å². The molecule has 8 aromatic rings. The molecule has 0 atom stereocenters. The molecule has 12 saturated carbocycles. The van der Waals surface area contributed by atoms with Gasteiger partial charge in [0.15, 0.2) is 49.7 Å². The van der Waals surface area contributed by atoms with Gasteiger partial charge in [0, 0.05) is 98.3 Å². The summed E-state index contributed by atoms with van der Waals surface area (Å²) in [6.07, 6.45) is 17.3. The predicted octanol–water partition coefficient (Wildman–Crippen LogP) is 13.7. The van der Waals surface area contributed by atoms with Crippen molar-refractivity contribution in [2.75, 3.05) is 33.5 Å². The maximum absolute atomic E-state index is 13.4. The van der Waals surface area contributed by atoms with E-state index < -0.39 is 23.3 Å². The van der Waals surface area contributed by atoms with Crippen LogP contribution in [0.3, 0.4) is 0 Å². The second-order valence-corrected chi connectivity index (χ2v) is 33.2. The van der Waals surface area contributed by atoms with Crippen LogP contribution in [0.1, 0.15) is 177 Å². The summed E-state index contributed by atoms with van der Waals surface area (Å²) in [5.74, 6) is -1.35. The van der Waals surface area contributed by atoms with Gasteiger partial charge < -0.3 is 53.9 Å². The summed E-state index contributed by atoms with van der Waals surface area (Å²) in [5, 5.41) is 24.1. The third-order valence-electron chi connectivity index (χ3n) is 22.3.